The summed E-state index contributed by atoms with van der Waals surface area (Å²) in [5.74, 6) is -0.337. The van der Waals surface area contributed by atoms with E-state index in [2.05, 4.69) is 5.32 Å². The molecule has 1 atom stereocenters. The van der Waals surface area contributed by atoms with Crippen molar-refractivity contribution >= 4 is 17.9 Å². The number of ether oxygens (including phenoxy) is 2. The van der Waals surface area contributed by atoms with Gasteiger partial charge in [-0.15, -0.1) is 0 Å². The van der Waals surface area contributed by atoms with Crippen LogP contribution in [0.4, 0.5) is 4.79 Å². The van der Waals surface area contributed by atoms with Crippen LogP contribution in [0.2, 0.25) is 0 Å². The van der Waals surface area contributed by atoms with Crippen LogP contribution in [0.25, 0.3) is 0 Å². The third kappa shape index (κ3) is 5.55. The Morgan fingerprint density at radius 1 is 1.06 bits per heavy atom. The van der Waals surface area contributed by atoms with Gasteiger partial charge < -0.3 is 25.4 Å². The lowest BCUT2D eigenvalue weighted by atomic mass is 10.1. The lowest BCUT2D eigenvalue weighted by Gasteiger charge is -2.42. The first-order chi connectivity index (χ1) is 15.5. The highest BCUT2D eigenvalue weighted by atomic mass is 16.6. The van der Waals surface area contributed by atoms with Crippen LogP contribution in [0.1, 0.15) is 22.3 Å². The van der Waals surface area contributed by atoms with E-state index < -0.39 is 18.2 Å². The number of carbonyl (C=O) groups is 3. The molecule has 0 bridgehead atoms. The molecule has 0 radical (unpaired) electrons. The highest BCUT2D eigenvalue weighted by molar-refractivity contribution is 5.98. The van der Waals surface area contributed by atoms with Crippen LogP contribution in [0, 0.1) is 0 Å². The first-order valence-corrected chi connectivity index (χ1v) is 10.4. The minimum Gasteiger partial charge on any atom is -0.497 e. The zero-order valence-corrected chi connectivity index (χ0v) is 18.0. The van der Waals surface area contributed by atoms with Crippen LogP contribution >= 0.6 is 0 Å². The van der Waals surface area contributed by atoms with Crippen molar-refractivity contribution in [1.29, 1.82) is 0 Å². The summed E-state index contributed by atoms with van der Waals surface area (Å²) in [6.07, 6.45) is -1.29. The SMILES string of the molecule is COc1cccc(C(=O)N2CCCN(C(=O)OCc3ccccc3)C2C(=O)NCCN)c1. The van der Waals surface area contributed by atoms with Gasteiger partial charge in [-0.1, -0.05) is 36.4 Å². The Balaban J connectivity index is 1.82. The Bertz CT molecular complexity index is 937. The average Bonchev–Trinajstić information content (AvgIpc) is 2.85. The van der Waals surface area contributed by atoms with Crippen molar-refractivity contribution in [2.24, 2.45) is 5.73 Å². The summed E-state index contributed by atoms with van der Waals surface area (Å²) in [5, 5.41) is 2.69. The average molecular weight is 441 g/mol. The highest BCUT2D eigenvalue weighted by Crippen LogP contribution is 2.22. The van der Waals surface area contributed by atoms with E-state index in [1.807, 2.05) is 30.3 Å². The van der Waals surface area contributed by atoms with Crippen LogP contribution in [0.3, 0.4) is 0 Å². The molecule has 1 unspecified atom stereocenters. The molecule has 9 heteroatoms. The summed E-state index contributed by atoms with van der Waals surface area (Å²) in [6, 6.07) is 15.9. The molecule has 2 aromatic rings. The normalized spacial score (nSPS) is 15.8. The van der Waals surface area contributed by atoms with Crippen LogP contribution in [0.5, 0.6) is 5.75 Å². The van der Waals surface area contributed by atoms with Gasteiger partial charge in [-0.05, 0) is 30.2 Å². The van der Waals surface area contributed by atoms with Gasteiger partial charge in [0.1, 0.15) is 12.4 Å². The number of rotatable bonds is 7. The number of benzene rings is 2. The zero-order valence-electron chi connectivity index (χ0n) is 18.0. The van der Waals surface area contributed by atoms with Gasteiger partial charge in [-0.3, -0.25) is 14.5 Å². The van der Waals surface area contributed by atoms with Gasteiger partial charge in [0.05, 0.1) is 7.11 Å². The molecule has 1 heterocycles. The maximum atomic E-state index is 13.3. The molecule has 1 aliphatic rings. The predicted octanol–water partition coefficient (Wildman–Crippen LogP) is 1.58. The second-order valence-electron chi connectivity index (χ2n) is 7.27. The quantitative estimate of drug-likeness (QED) is 0.676. The molecule has 3 N–H and O–H groups in total. The first-order valence-electron chi connectivity index (χ1n) is 10.4. The summed E-state index contributed by atoms with van der Waals surface area (Å²) in [5.41, 5.74) is 6.70. The molecule has 0 saturated carbocycles. The Kier molecular flexibility index (Phi) is 8.04. The maximum absolute atomic E-state index is 13.3. The van der Waals surface area contributed by atoms with E-state index in [4.69, 9.17) is 15.2 Å². The van der Waals surface area contributed by atoms with Gasteiger partial charge in [0.25, 0.3) is 11.8 Å². The number of methoxy groups -OCH3 is 1. The molecule has 3 amide bonds. The number of nitrogens with one attached hydrogen (secondary N) is 1. The van der Waals surface area contributed by atoms with Crippen molar-refractivity contribution in [3.8, 4) is 5.75 Å². The van der Waals surface area contributed by atoms with E-state index in [-0.39, 0.29) is 32.1 Å². The molecule has 3 rings (SSSR count). The molecule has 9 nitrogen and oxygen atoms in total. The van der Waals surface area contributed by atoms with E-state index >= 15 is 0 Å². The van der Waals surface area contributed by atoms with Gasteiger partial charge in [-0.25, -0.2) is 4.79 Å². The van der Waals surface area contributed by atoms with E-state index in [1.165, 1.54) is 16.9 Å². The second kappa shape index (κ2) is 11.1. The lowest BCUT2D eigenvalue weighted by Crippen LogP contribution is -2.63. The molecule has 0 aliphatic carbocycles. The van der Waals surface area contributed by atoms with Crippen LogP contribution in [-0.4, -0.2) is 67.2 Å². The van der Waals surface area contributed by atoms with E-state index in [0.29, 0.717) is 24.3 Å². The van der Waals surface area contributed by atoms with Gasteiger partial charge >= 0.3 is 6.09 Å². The minimum absolute atomic E-state index is 0.0666. The van der Waals surface area contributed by atoms with E-state index in [9.17, 15) is 14.4 Å². The smallest absolute Gasteiger partial charge is 0.412 e. The molecule has 0 aromatic heterocycles. The number of nitrogens with two attached hydrogens (primary N) is 1. The third-order valence-electron chi connectivity index (χ3n) is 5.08. The summed E-state index contributed by atoms with van der Waals surface area (Å²) >= 11 is 0. The van der Waals surface area contributed by atoms with Gasteiger partial charge in [-0.2, -0.15) is 0 Å². The Morgan fingerprint density at radius 3 is 2.53 bits per heavy atom. The Morgan fingerprint density at radius 2 is 1.81 bits per heavy atom. The fourth-order valence-electron chi connectivity index (χ4n) is 3.52. The van der Waals surface area contributed by atoms with Crippen molar-refractivity contribution in [3.63, 3.8) is 0 Å². The standard InChI is InChI=1S/C23H28N4O5/c1-31-19-10-5-9-18(15-19)22(29)26-13-6-14-27(21(26)20(28)25-12-11-24)23(30)32-16-17-7-3-2-4-8-17/h2-5,7-10,15,21H,6,11-14,16,24H2,1H3,(H,25,28). The van der Waals surface area contributed by atoms with Crippen molar-refractivity contribution in [2.45, 2.75) is 19.2 Å². The minimum atomic E-state index is -1.14. The fraction of sp³-hybridized carbons (Fsp3) is 0.348. The number of amides is 3. The van der Waals surface area contributed by atoms with Gasteiger partial charge in [0, 0.05) is 31.7 Å². The van der Waals surface area contributed by atoms with Gasteiger partial charge in [0.2, 0.25) is 0 Å². The monoisotopic (exact) mass is 440 g/mol. The van der Waals surface area contributed by atoms with Crippen molar-refractivity contribution in [1.82, 2.24) is 15.1 Å². The Labute approximate surface area is 187 Å². The second-order valence-corrected chi connectivity index (χ2v) is 7.27. The van der Waals surface area contributed by atoms with E-state index in [0.717, 1.165) is 5.56 Å². The molecule has 32 heavy (non-hydrogen) atoms. The molecular weight excluding hydrogens is 412 g/mol. The summed E-state index contributed by atoms with van der Waals surface area (Å²) in [7, 11) is 1.51. The Hall–Kier alpha value is -3.59. The topological polar surface area (TPSA) is 114 Å². The molecule has 1 aliphatic heterocycles. The number of hydrogen-bond acceptors (Lipinski definition) is 6. The van der Waals surface area contributed by atoms with Crippen molar-refractivity contribution in [2.75, 3.05) is 33.3 Å². The largest absolute Gasteiger partial charge is 0.497 e. The summed E-state index contributed by atoms with van der Waals surface area (Å²) in [4.78, 5) is 41.8. The van der Waals surface area contributed by atoms with Crippen LogP contribution < -0.4 is 15.8 Å². The van der Waals surface area contributed by atoms with Crippen LogP contribution in [0.15, 0.2) is 54.6 Å². The number of hydrogen-bond donors (Lipinski definition) is 2. The van der Waals surface area contributed by atoms with Crippen molar-refractivity contribution < 1.29 is 23.9 Å². The first kappa shape index (κ1) is 23.1. The van der Waals surface area contributed by atoms with Crippen LogP contribution in [-0.2, 0) is 16.1 Å². The molecule has 1 fully saturated rings. The molecule has 1 saturated heterocycles. The summed E-state index contributed by atoms with van der Waals surface area (Å²) < 4.78 is 10.7. The molecule has 170 valence electrons. The zero-order chi connectivity index (χ0) is 22.9. The number of carbonyl (C=O) groups excluding carboxylic acids is 3. The van der Waals surface area contributed by atoms with Crippen molar-refractivity contribution in [3.05, 3.63) is 65.7 Å². The van der Waals surface area contributed by atoms with Gasteiger partial charge in [0.15, 0.2) is 6.17 Å². The lowest BCUT2D eigenvalue weighted by molar-refractivity contribution is -0.133. The third-order valence-corrected chi connectivity index (χ3v) is 5.08. The maximum Gasteiger partial charge on any atom is 0.412 e. The fourth-order valence-corrected chi connectivity index (χ4v) is 3.52. The molecule has 2 aromatic carbocycles. The summed E-state index contributed by atoms with van der Waals surface area (Å²) in [6.45, 7) is 1.14. The number of nitrogens with zero attached hydrogens (tertiary/aromatic N) is 2. The highest BCUT2D eigenvalue weighted by Gasteiger charge is 2.41. The molecular formula is C23H28N4O5. The van der Waals surface area contributed by atoms with E-state index in [1.54, 1.807) is 24.3 Å². The predicted molar refractivity (Wildman–Crippen MR) is 118 cm³/mol. The molecule has 0 spiro atoms.